The van der Waals surface area contributed by atoms with E-state index in [1.165, 1.54) is 12.1 Å². The molecule has 0 bridgehead atoms. The highest BCUT2D eigenvalue weighted by atomic mass is 32.2. The Hall–Kier alpha value is -3.16. The summed E-state index contributed by atoms with van der Waals surface area (Å²) in [6.45, 7) is 1.99. The summed E-state index contributed by atoms with van der Waals surface area (Å²) in [5, 5.41) is 0. The molecule has 0 aliphatic carbocycles. The third kappa shape index (κ3) is 4.97. The average molecular weight is 395 g/mol. The highest BCUT2D eigenvalue weighted by Gasteiger charge is 2.14. The Morgan fingerprint density at radius 2 is 1.54 bits per heavy atom. The van der Waals surface area contributed by atoms with Gasteiger partial charge in [0.1, 0.15) is 11.6 Å². The van der Waals surface area contributed by atoms with Crippen molar-refractivity contribution in [2.24, 2.45) is 4.99 Å². The van der Waals surface area contributed by atoms with E-state index < -0.39 is 10.0 Å². The molecular weight excluding hydrogens is 374 g/mol. The molecule has 0 fully saturated rings. The number of nitrogens with zero attached hydrogens (tertiary/aromatic N) is 1. The zero-order valence-corrected chi connectivity index (χ0v) is 16.4. The van der Waals surface area contributed by atoms with Crippen molar-refractivity contribution in [3.8, 4) is 5.75 Å². The number of rotatable bonds is 6. The summed E-state index contributed by atoms with van der Waals surface area (Å²) in [7, 11) is -2.16. The third-order valence-corrected chi connectivity index (χ3v) is 5.26. The van der Waals surface area contributed by atoms with Crippen LogP contribution in [0.4, 0.5) is 5.69 Å². The van der Waals surface area contributed by atoms with E-state index in [0.717, 1.165) is 5.56 Å². The Morgan fingerprint density at radius 3 is 2.14 bits per heavy atom. The molecule has 2 N–H and O–H groups in total. The lowest BCUT2D eigenvalue weighted by Gasteiger charge is -2.13. The minimum Gasteiger partial charge on any atom is -0.497 e. The van der Waals surface area contributed by atoms with E-state index in [2.05, 4.69) is 15.2 Å². The van der Waals surface area contributed by atoms with Gasteiger partial charge in [0, 0.05) is 5.56 Å². The number of benzene rings is 3. The fourth-order valence-corrected chi connectivity index (χ4v) is 3.30. The smallest absolute Gasteiger partial charge is 0.257 e. The lowest BCUT2D eigenvalue weighted by Crippen LogP contribution is -2.41. The topological polar surface area (TPSA) is 79.8 Å². The molecule has 7 heteroatoms. The molecule has 3 aromatic carbocycles. The number of nitrogens with one attached hydrogen (secondary N) is 2. The molecule has 3 aromatic rings. The van der Waals surface area contributed by atoms with Gasteiger partial charge < -0.3 is 4.74 Å². The van der Waals surface area contributed by atoms with Crippen LogP contribution in [-0.4, -0.2) is 21.4 Å². The van der Waals surface area contributed by atoms with Gasteiger partial charge in [-0.3, -0.25) is 5.43 Å². The minimum atomic E-state index is -3.74. The Balaban J connectivity index is 1.90. The second-order valence-electron chi connectivity index (χ2n) is 6.07. The van der Waals surface area contributed by atoms with E-state index in [1.54, 1.807) is 49.6 Å². The first-order valence-electron chi connectivity index (χ1n) is 8.60. The van der Waals surface area contributed by atoms with Crippen molar-refractivity contribution < 1.29 is 13.2 Å². The van der Waals surface area contributed by atoms with Gasteiger partial charge in [-0.25, -0.2) is 13.4 Å². The zero-order valence-electron chi connectivity index (χ0n) is 15.6. The molecule has 0 unspecified atom stereocenters. The first kappa shape index (κ1) is 19.6. The van der Waals surface area contributed by atoms with Crippen molar-refractivity contribution in [3.63, 3.8) is 0 Å². The van der Waals surface area contributed by atoms with E-state index in [0.29, 0.717) is 22.8 Å². The van der Waals surface area contributed by atoms with Crippen molar-refractivity contribution in [2.45, 2.75) is 11.8 Å². The third-order valence-electron chi connectivity index (χ3n) is 4.00. The molecule has 3 rings (SSSR count). The van der Waals surface area contributed by atoms with Gasteiger partial charge in [0.15, 0.2) is 0 Å². The number of sulfonamides is 1. The van der Waals surface area contributed by atoms with E-state index in [4.69, 9.17) is 4.74 Å². The molecule has 0 saturated carbocycles. The van der Waals surface area contributed by atoms with Gasteiger partial charge in [-0.2, -0.15) is 0 Å². The van der Waals surface area contributed by atoms with Crippen LogP contribution in [0.5, 0.6) is 5.75 Å². The molecule has 0 radical (unpaired) electrons. The highest BCUT2D eigenvalue weighted by molar-refractivity contribution is 7.89. The van der Waals surface area contributed by atoms with Gasteiger partial charge >= 0.3 is 0 Å². The van der Waals surface area contributed by atoms with Crippen molar-refractivity contribution >= 4 is 21.5 Å². The number of aryl methyl sites for hydroxylation is 1. The van der Waals surface area contributed by atoms with Crippen LogP contribution in [0.25, 0.3) is 0 Å². The van der Waals surface area contributed by atoms with Gasteiger partial charge in [-0.15, -0.1) is 4.83 Å². The first-order chi connectivity index (χ1) is 13.5. The maximum atomic E-state index is 12.5. The summed E-state index contributed by atoms with van der Waals surface area (Å²) in [5.74, 6) is 1.06. The SMILES string of the molecule is COc1ccc(C(=Nc2ccc(C)cc2)NNS(=O)(=O)c2ccccc2)cc1. The molecule has 0 atom stereocenters. The number of hydrazine groups is 1. The monoisotopic (exact) mass is 395 g/mol. The molecule has 0 saturated heterocycles. The Morgan fingerprint density at radius 1 is 0.893 bits per heavy atom. The summed E-state index contributed by atoms with van der Waals surface area (Å²) in [5.41, 5.74) is 5.26. The molecule has 0 aliphatic rings. The van der Waals surface area contributed by atoms with Crippen LogP contribution in [0.2, 0.25) is 0 Å². The zero-order chi connectivity index (χ0) is 20.0. The fourth-order valence-electron chi connectivity index (χ4n) is 2.44. The molecule has 0 heterocycles. The predicted octanol–water partition coefficient (Wildman–Crippen LogP) is 3.57. The van der Waals surface area contributed by atoms with Gasteiger partial charge in [-0.1, -0.05) is 35.9 Å². The molecule has 0 spiro atoms. The van der Waals surface area contributed by atoms with Crippen molar-refractivity contribution in [2.75, 3.05) is 7.11 Å². The van der Waals surface area contributed by atoms with E-state index in [9.17, 15) is 8.42 Å². The van der Waals surface area contributed by atoms with E-state index in [-0.39, 0.29) is 4.90 Å². The van der Waals surface area contributed by atoms with E-state index in [1.807, 2.05) is 31.2 Å². The van der Waals surface area contributed by atoms with Gasteiger partial charge in [0.05, 0.1) is 17.7 Å². The van der Waals surface area contributed by atoms with Crippen LogP contribution in [0.15, 0.2) is 88.8 Å². The highest BCUT2D eigenvalue weighted by Crippen LogP contribution is 2.16. The average Bonchev–Trinajstić information content (AvgIpc) is 2.73. The van der Waals surface area contributed by atoms with Crippen LogP contribution in [0.3, 0.4) is 0 Å². The summed E-state index contributed by atoms with van der Waals surface area (Å²) in [4.78, 5) is 7.11. The number of amidine groups is 1. The number of methoxy groups -OCH3 is 1. The summed E-state index contributed by atoms with van der Waals surface area (Å²) in [6, 6.07) is 22.9. The standard InChI is InChI=1S/C21H21N3O3S/c1-16-8-12-18(13-9-16)22-21(17-10-14-19(27-2)15-11-17)23-24-28(25,26)20-6-4-3-5-7-20/h3-15,24H,1-2H3,(H,22,23). The van der Waals surface area contributed by atoms with Crippen LogP contribution in [0, 0.1) is 6.92 Å². The molecule has 28 heavy (non-hydrogen) atoms. The largest absolute Gasteiger partial charge is 0.497 e. The van der Waals surface area contributed by atoms with Crippen molar-refractivity contribution in [3.05, 3.63) is 90.0 Å². The number of ether oxygens (including phenoxy) is 1. The number of hydrogen-bond donors (Lipinski definition) is 2. The van der Waals surface area contributed by atoms with Gasteiger partial charge in [0.2, 0.25) is 0 Å². The van der Waals surface area contributed by atoms with Crippen LogP contribution < -0.4 is 15.0 Å². The second kappa shape index (κ2) is 8.69. The molecule has 0 aliphatic heterocycles. The van der Waals surface area contributed by atoms with Crippen LogP contribution in [0.1, 0.15) is 11.1 Å². The normalized spacial score (nSPS) is 11.9. The summed E-state index contributed by atoms with van der Waals surface area (Å²) in [6.07, 6.45) is 0. The Kier molecular flexibility index (Phi) is 6.08. The first-order valence-corrected chi connectivity index (χ1v) is 10.1. The maximum absolute atomic E-state index is 12.5. The Labute approximate surface area is 164 Å². The second-order valence-corrected chi connectivity index (χ2v) is 7.75. The molecular formula is C21H21N3O3S. The number of hydrogen-bond acceptors (Lipinski definition) is 4. The quantitative estimate of drug-likeness (QED) is 0.380. The van der Waals surface area contributed by atoms with Crippen molar-refractivity contribution in [1.82, 2.24) is 10.3 Å². The number of aliphatic imine (C=N–C) groups is 1. The van der Waals surface area contributed by atoms with Gasteiger partial charge in [0.25, 0.3) is 10.0 Å². The maximum Gasteiger partial charge on any atom is 0.257 e. The molecule has 144 valence electrons. The molecule has 6 nitrogen and oxygen atoms in total. The Bertz CT molecular complexity index is 1050. The van der Waals surface area contributed by atoms with Gasteiger partial charge in [-0.05, 0) is 55.5 Å². The molecule has 0 aromatic heterocycles. The lowest BCUT2D eigenvalue weighted by molar-refractivity contribution is 0.415. The molecule has 0 amide bonds. The fraction of sp³-hybridized carbons (Fsp3) is 0.0952. The van der Waals surface area contributed by atoms with Crippen LogP contribution in [-0.2, 0) is 10.0 Å². The lowest BCUT2D eigenvalue weighted by atomic mass is 10.2. The van der Waals surface area contributed by atoms with Crippen molar-refractivity contribution in [1.29, 1.82) is 0 Å². The minimum absolute atomic E-state index is 0.159. The summed E-state index contributed by atoms with van der Waals surface area (Å²) < 4.78 is 30.2. The van der Waals surface area contributed by atoms with E-state index >= 15 is 0 Å². The van der Waals surface area contributed by atoms with Crippen LogP contribution >= 0.6 is 0 Å². The summed E-state index contributed by atoms with van der Waals surface area (Å²) >= 11 is 0. The predicted molar refractivity (Wildman–Crippen MR) is 110 cm³/mol.